The molecule has 0 unspecified atom stereocenters. The highest BCUT2D eigenvalue weighted by Crippen LogP contribution is 2.49. The Kier molecular flexibility index (Phi) is 3.46. The average molecular weight is 331 g/mol. The van der Waals surface area contributed by atoms with Crippen LogP contribution in [0, 0.1) is 5.82 Å². The van der Waals surface area contributed by atoms with Crippen LogP contribution >= 0.6 is 11.3 Å². The number of carbonyl (C=O) groups excluding carboxylic acids is 1. The molecule has 1 amide bonds. The maximum Gasteiger partial charge on any atom is 0.236 e. The van der Waals surface area contributed by atoms with Gasteiger partial charge in [0.25, 0.3) is 0 Å². The summed E-state index contributed by atoms with van der Waals surface area (Å²) in [7, 11) is 2.09. The van der Waals surface area contributed by atoms with Crippen molar-refractivity contribution in [2.24, 2.45) is 0 Å². The first-order valence-electron chi connectivity index (χ1n) is 7.81. The molecule has 2 aliphatic rings. The largest absolute Gasteiger partial charge is 0.301 e. The zero-order chi connectivity index (χ0) is 16.0. The van der Waals surface area contributed by atoms with Crippen LogP contribution in [0.2, 0.25) is 0 Å². The number of fused-ring (bicyclic) bond motifs is 1. The first-order valence-corrected chi connectivity index (χ1v) is 8.63. The predicted molar refractivity (Wildman–Crippen MR) is 88.1 cm³/mol. The summed E-state index contributed by atoms with van der Waals surface area (Å²) in [5.41, 5.74) is 1.49. The van der Waals surface area contributed by atoms with Crippen molar-refractivity contribution in [1.82, 2.24) is 9.88 Å². The molecule has 1 N–H and O–H groups in total. The van der Waals surface area contributed by atoms with E-state index in [0.717, 1.165) is 43.6 Å². The number of rotatable bonds is 3. The van der Waals surface area contributed by atoms with E-state index < -0.39 is 5.41 Å². The zero-order valence-corrected chi connectivity index (χ0v) is 13.8. The summed E-state index contributed by atoms with van der Waals surface area (Å²) in [5, 5.41) is 3.67. The standard InChI is InChI=1S/C17H18FN3OS/c1-21-9-6-13-14(10-21)23-16(19-13)20-15(22)17(7-8-17)11-2-4-12(18)5-3-11/h2-5H,6-10H2,1H3,(H,19,20,22). The van der Waals surface area contributed by atoms with Crippen LogP contribution in [0.15, 0.2) is 24.3 Å². The number of thiazole rings is 1. The van der Waals surface area contributed by atoms with E-state index in [1.807, 2.05) is 0 Å². The lowest BCUT2D eigenvalue weighted by Gasteiger charge is -2.20. The molecular formula is C17H18FN3OS. The van der Waals surface area contributed by atoms with Gasteiger partial charge in [0.1, 0.15) is 5.82 Å². The van der Waals surface area contributed by atoms with Crippen LogP contribution in [0.25, 0.3) is 0 Å². The zero-order valence-electron chi connectivity index (χ0n) is 12.9. The Morgan fingerprint density at radius 1 is 1.35 bits per heavy atom. The Bertz CT molecular complexity index is 752. The van der Waals surface area contributed by atoms with Gasteiger partial charge in [-0.25, -0.2) is 9.37 Å². The number of hydrogen-bond acceptors (Lipinski definition) is 4. The molecule has 0 radical (unpaired) electrons. The molecule has 4 rings (SSSR count). The first-order chi connectivity index (χ1) is 11.1. The van der Waals surface area contributed by atoms with E-state index in [2.05, 4.69) is 22.2 Å². The van der Waals surface area contributed by atoms with Crippen LogP contribution < -0.4 is 5.32 Å². The summed E-state index contributed by atoms with van der Waals surface area (Å²) in [6.07, 6.45) is 2.54. The molecule has 1 aromatic heterocycles. The van der Waals surface area contributed by atoms with Crippen LogP contribution in [0.4, 0.5) is 9.52 Å². The molecule has 1 aliphatic heterocycles. The Hall–Kier alpha value is -1.79. The predicted octanol–water partition coefficient (Wildman–Crippen LogP) is 2.94. The number of anilines is 1. The molecule has 0 saturated heterocycles. The van der Waals surface area contributed by atoms with Gasteiger partial charge < -0.3 is 10.2 Å². The second-order valence-electron chi connectivity index (χ2n) is 6.42. The van der Waals surface area contributed by atoms with Gasteiger partial charge in [-0.3, -0.25) is 4.79 Å². The van der Waals surface area contributed by atoms with Gasteiger partial charge >= 0.3 is 0 Å². The van der Waals surface area contributed by atoms with Gasteiger partial charge in [0.2, 0.25) is 5.91 Å². The van der Waals surface area contributed by atoms with E-state index in [1.165, 1.54) is 17.0 Å². The number of halogens is 1. The van der Waals surface area contributed by atoms with Gasteiger partial charge in [0.15, 0.2) is 5.13 Å². The highest BCUT2D eigenvalue weighted by molar-refractivity contribution is 7.15. The van der Waals surface area contributed by atoms with Gasteiger partial charge in [-0.2, -0.15) is 0 Å². The third-order valence-corrected chi connectivity index (χ3v) is 5.72. The maximum absolute atomic E-state index is 13.1. The van der Waals surface area contributed by atoms with Crippen molar-refractivity contribution in [2.45, 2.75) is 31.2 Å². The Morgan fingerprint density at radius 2 is 2.09 bits per heavy atom. The minimum atomic E-state index is -0.503. The van der Waals surface area contributed by atoms with Gasteiger partial charge in [0, 0.05) is 24.4 Å². The van der Waals surface area contributed by atoms with Gasteiger partial charge in [0.05, 0.1) is 11.1 Å². The second-order valence-corrected chi connectivity index (χ2v) is 7.50. The molecule has 1 fully saturated rings. The Labute approximate surface area is 138 Å². The van der Waals surface area contributed by atoms with Crippen LogP contribution in [0.3, 0.4) is 0 Å². The quantitative estimate of drug-likeness (QED) is 0.940. The normalized spacial score (nSPS) is 19.2. The first kappa shape index (κ1) is 14.8. The lowest BCUT2D eigenvalue weighted by Crippen LogP contribution is -2.27. The maximum atomic E-state index is 13.1. The molecule has 23 heavy (non-hydrogen) atoms. The van der Waals surface area contributed by atoms with Crippen molar-refractivity contribution in [3.63, 3.8) is 0 Å². The number of nitrogens with one attached hydrogen (secondary N) is 1. The fraction of sp³-hybridized carbons (Fsp3) is 0.412. The summed E-state index contributed by atoms with van der Waals surface area (Å²) < 4.78 is 13.1. The molecule has 0 atom stereocenters. The number of aromatic nitrogens is 1. The number of amides is 1. The number of likely N-dealkylation sites (N-methyl/N-ethyl adjacent to an activating group) is 1. The third-order valence-electron chi connectivity index (χ3n) is 4.72. The molecule has 120 valence electrons. The van der Waals surface area contributed by atoms with E-state index in [4.69, 9.17) is 0 Å². The van der Waals surface area contributed by atoms with E-state index in [0.29, 0.717) is 5.13 Å². The molecule has 0 spiro atoms. The van der Waals surface area contributed by atoms with E-state index in [9.17, 15) is 9.18 Å². The molecule has 1 aliphatic carbocycles. The minimum Gasteiger partial charge on any atom is -0.301 e. The van der Waals surface area contributed by atoms with Crippen molar-refractivity contribution in [3.05, 3.63) is 46.2 Å². The fourth-order valence-electron chi connectivity index (χ4n) is 3.13. The second kappa shape index (κ2) is 5.39. The van der Waals surface area contributed by atoms with E-state index in [1.54, 1.807) is 23.5 Å². The summed E-state index contributed by atoms with van der Waals surface area (Å²) >= 11 is 1.56. The number of hydrogen-bond donors (Lipinski definition) is 1. The summed E-state index contributed by atoms with van der Waals surface area (Å²) in [6.45, 7) is 1.90. The summed E-state index contributed by atoms with van der Waals surface area (Å²) in [6, 6.07) is 6.26. The van der Waals surface area contributed by atoms with E-state index >= 15 is 0 Å². The molecular weight excluding hydrogens is 313 g/mol. The fourth-order valence-corrected chi connectivity index (χ4v) is 4.22. The molecule has 2 heterocycles. The third kappa shape index (κ3) is 2.66. The number of benzene rings is 1. The number of nitrogens with zero attached hydrogens (tertiary/aromatic N) is 2. The monoisotopic (exact) mass is 331 g/mol. The lowest BCUT2D eigenvalue weighted by molar-refractivity contribution is -0.118. The smallest absolute Gasteiger partial charge is 0.236 e. The van der Waals surface area contributed by atoms with Gasteiger partial charge in [-0.15, -0.1) is 11.3 Å². The van der Waals surface area contributed by atoms with Crippen LogP contribution in [-0.4, -0.2) is 29.4 Å². The number of carbonyl (C=O) groups is 1. The van der Waals surface area contributed by atoms with Crippen LogP contribution in [0.1, 0.15) is 29.0 Å². The van der Waals surface area contributed by atoms with Crippen LogP contribution in [-0.2, 0) is 23.2 Å². The molecule has 6 heteroatoms. The molecule has 0 bridgehead atoms. The molecule has 1 aromatic carbocycles. The Balaban J connectivity index is 1.53. The SMILES string of the molecule is CN1CCc2nc(NC(=O)C3(c4ccc(F)cc4)CC3)sc2C1. The Morgan fingerprint density at radius 3 is 2.78 bits per heavy atom. The van der Waals surface area contributed by atoms with E-state index in [-0.39, 0.29) is 11.7 Å². The highest BCUT2D eigenvalue weighted by Gasteiger charge is 2.51. The lowest BCUT2D eigenvalue weighted by atomic mass is 9.95. The topological polar surface area (TPSA) is 45.2 Å². The van der Waals surface area contributed by atoms with Crippen molar-refractivity contribution in [2.75, 3.05) is 18.9 Å². The summed E-state index contributed by atoms with van der Waals surface area (Å²) in [4.78, 5) is 20.8. The van der Waals surface area contributed by atoms with Crippen molar-refractivity contribution in [1.29, 1.82) is 0 Å². The van der Waals surface area contributed by atoms with Gasteiger partial charge in [-0.1, -0.05) is 12.1 Å². The van der Waals surface area contributed by atoms with Crippen molar-refractivity contribution >= 4 is 22.4 Å². The average Bonchev–Trinajstić information content (AvgIpc) is 3.24. The van der Waals surface area contributed by atoms with Crippen molar-refractivity contribution in [3.8, 4) is 0 Å². The minimum absolute atomic E-state index is 0.0245. The molecule has 2 aromatic rings. The molecule has 1 saturated carbocycles. The summed E-state index contributed by atoms with van der Waals surface area (Å²) in [5.74, 6) is -0.301. The van der Waals surface area contributed by atoms with Crippen LogP contribution in [0.5, 0.6) is 0 Å². The highest BCUT2D eigenvalue weighted by atomic mass is 32.1. The molecule has 4 nitrogen and oxygen atoms in total. The van der Waals surface area contributed by atoms with Crippen molar-refractivity contribution < 1.29 is 9.18 Å². The van der Waals surface area contributed by atoms with Gasteiger partial charge in [-0.05, 0) is 37.6 Å².